The minimum atomic E-state index is -0.439. The van der Waals surface area contributed by atoms with Gasteiger partial charge in [-0.1, -0.05) is 0 Å². The number of H-pyrrole nitrogens is 2. The van der Waals surface area contributed by atoms with Gasteiger partial charge in [0.2, 0.25) is 0 Å². The standard InChI is InChI=1S/C7H4BrN3O2.C7H6BrN3/c8-4-1-2-9-7-6(4)5(3-10-7)11(12)13;8-4-1-2-10-7-6(4)5(9)3-11-7/h1-3H,(H,9,10);1-3H,9H2,(H,10,11). The lowest BCUT2D eigenvalue weighted by Gasteiger charge is -1.92. The van der Waals surface area contributed by atoms with E-state index in [2.05, 4.69) is 51.8 Å². The Hall–Kier alpha value is -2.46. The Balaban J connectivity index is 0.000000143. The molecule has 0 radical (unpaired) electrons. The number of aromatic nitrogens is 4. The average Bonchev–Trinajstić information content (AvgIpc) is 3.14. The van der Waals surface area contributed by atoms with Gasteiger partial charge in [-0.05, 0) is 44.0 Å². The first-order chi connectivity index (χ1) is 11.5. The molecule has 0 fully saturated rings. The molecule has 0 saturated carbocycles. The van der Waals surface area contributed by atoms with Crippen molar-refractivity contribution in [3.63, 3.8) is 0 Å². The summed E-state index contributed by atoms with van der Waals surface area (Å²) in [5.41, 5.74) is 7.77. The highest BCUT2D eigenvalue weighted by Crippen LogP contribution is 2.30. The summed E-state index contributed by atoms with van der Waals surface area (Å²) in [6.45, 7) is 0. The summed E-state index contributed by atoms with van der Waals surface area (Å²) >= 11 is 6.62. The third-order valence-electron chi connectivity index (χ3n) is 3.25. The second kappa shape index (κ2) is 6.57. The number of halogens is 2. The van der Waals surface area contributed by atoms with E-state index in [9.17, 15) is 10.1 Å². The van der Waals surface area contributed by atoms with Crippen LogP contribution in [0.1, 0.15) is 0 Å². The van der Waals surface area contributed by atoms with Crippen LogP contribution in [0.5, 0.6) is 0 Å². The van der Waals surface area contributed by atoms with Crippen LogP contribution in [0.2, 0.25) is 0 Å². The Morgan fingerprint density at radius 2 is 1.54 bits per heavy atom. The van der Waals surface area contributed by atoms with Crippen LogP contribution in [0.4, 0.5) is 11.4 Å². The highest BCUT2D eigenvalue weighted by atomic mass is 79.9. The molecule has 0 aliphatic rings. The summed E-state index contributed by atoms with van der Waals surface area (Å²) in [5, 5.41) is 12.0. The van der Waals surface area contributed by atoms with Gasteiger partial charge in [0.1, 0.15) is 16.7 Å². The molecule has 0 aliphatic carbocycles. The molecule has 4 rings (SSSR count). The van der Waals surface area contributed by atoms with Gasteiger partial charge in [0, 0.05) is 27.5 Å². The lowest BCUT2D eigenvalue weighted by atomic mass is 10.3. The molecule has 4 aromatic rings. The molecule has 0 aromatic carbocycles. The smallest absolute Gasteiger partial charge is 0.297 e. The van der Waals surface area contributed by atoms with E-state index < -0.39 is 4.92 Å². The first-order valence-electron chi connectivity index (χ1n) is 6.62. The molecule has 0 bridgehead atoms. The van der Waals surface area contributed by atoms with Crippen LogP contribution in [-0.2, 0) is 0 Å². The van der Waals surface area contributed by atoms with E-state index in [1.54, 1.807) is 24.7 Å². The third-order valence-corrected chi connectivity index (χ3v) is 4.57. The molecule has 4 aromatic heterocycles. The van der Waals surface area contributed by atoms with E-state index in [0.29, 0.717) is 15.5 Å². The van der Waals surface area contributed by atoms with Gasteiger partial charge in [-0.15, -0.1) is 0 Å². The molecular weight excluding hydrogens is 444 g/mol. The molecule has 10 heteroatoms. The first kappa shape index (κ1) is 16.4. The SMILES string of the molecule is Nc1c[nH]c2nccc(Br)c12.O=[N+]([O-])c1c[nH]c2nccc(Br)c12. The van der Waals surface area contributed by atoms with Crippen molar-refractivity contribution in [1.82, 2.24) is 19.9 Å². The number of nitrogen functional groups attached to an aromatic ring is 1. The number of nitrogens with zero attached hydrogens (tertiary/aromatic N) is 3. The molecule has 24 heavy (non-hydrogen) atoms. The van der Waals surface area contributed by atoms with Crippen molar-refractivity contribution < 1.29 is 4.92 Å². The largest absolute Gasteiger partial charge is 0.397 e. The molecule has 0 atom stereocenters. The average molecular weight is 454 g/mol. The number of rotatable bonds is 1. The fourth-order valence-electron chi connectivity index (χ4n) is 2.18. The zero-order valence-electron chi connectivity index (χ0n) is 12.0. The number of pyridine rings is 2. The Morgan fingerprint density at radius 1 is 1.00 bits per heavy atom. The minimum Gasteiger partial charge on any atom is -0.397 e. The number of nitro groups is 1. The van der Waals surface area contributed by atoms with Gasteiger partial charge in [0.15, 0.2) is 0 Å². The van der Waals surface area contributed by atoms with E-state index >= 15 is 0 Å². The van der Waals surface area contributed by atoms with E-state index in [-0.39, 0.29) is 5.69 Å². The minimum absolute atomic E-state index is 0.0370. The predicted molar refractivity (Wildman–Crippen MR) is 98.7 cm³/mol. The van der Waals surface area contributed by atoms with Crippen molar-refractivity contribution >= 4 is 65.3 Å². The van der Waals surface area contributed by atoms with Crippen LogP contribution in [0.15, 0.2) is 45.9 Å². The van der Waals surface area contributed by atoms with Crippen LogP contribution >= 0.6 is 31.9 Å². The van der Waals surface area contributed by atoms with Gasteiger partial charge in [-0.3, -0.25) is 10.1 Å². The number of hydrogen-bond acceptors (Lipinski definition) is 5. The Labute approximate surface area is 151 Å². The summed E-state index contributed by atoms with van der Waals surface area (Å²) in [6, 6.07) is 3.54. The normalized spacial score (nSPS) is 10.6. The van der Waals surface area contributed by atoms with Gasteiger partial charge in [0.25, 0.3) is 5.69 Å². The zero-order valence-corrected chi connectivity index (χ0v) is 15.1. The van der Waals surface area contributed by atoms with Crippen molar-refractivity contribution in [3.05, 3.63) is 56.0 Å². The topological polar surface area (TPSA) is 127 Å². The summed E-state index contributed by atoms with van der Waals surface area (Å²) < 4.78 is 1.65. The molecule has 0 amide bonds. The maximum atomic E-state index is 10.6. The van der Waals surface area contributed by atoms with Crippen molar-refractivity contribution in [2.24, 2.45) is 0 Å². The van der Waals surface area contributed by atoms with Crippen LogP contribution in [0.25, 0.3) is 22.1 Å². The van der Waals surface area contributed by atoms with Crippen LogP contribution < -0.4 is 5.73 Å². The molecule has 0 spiro atoms. The number of nitrogens with one attached hydrogen (secondary N) is 2. The fourth-order valence-corrected chi connectivity index (χ4v) is 3.23. The predicted octanol–water partition coefficient (Wildman–Crippen LogP) is 4.14. The fraction of sp³-hybridized carbons (Fsp3) is 0. The van der Waals surface area contributed by atoms with Crippen molar-refractivity contribution in [3.8, 4) is 0 Å². The molecule has 8 nitrogen and oxygen atoms in total. The van der Waals surface area contributed by atoms with Gasteiger partial charge in [0.05, 0.1) is 22.2 Å². The number of fused-ring (bicyclic) bond motifs is 2. The van der Waals surface area contributed by atoms with Crippen LogP contribution in [-0.4, -0.2) is 24.9 Å². The lowest BCUT2D eigenvalue weighted by molar-refractivity contribution is -0.383. The Kier molecular flexibility index (Phi) is 4.49. The number of anilines is 1. The van der Waals surface area contributed by atoms with E-state index in [1.807, 2.05) is 6.07 Å². The third kappa shape index (κ3) is 2.97. The zero-order chi connectivity index (χ0) is 17.3. The monoisotopic (exact) mass is 452 g/mol. The lowest BCUT2D eigenvalue weighted by Crippen LogP contribution is -1.85. The Bertz CT molecular complexity index is 1040. The summed E-state index contributed by atoms with van der Waals surface area (Å²) in [6.07, 6.45) is 6.37. The molecule has 0 aliphatic heterocycles. The van der Waals surface area contributed by atoms with Gasteiger partial charge < -0.3 is 15.7 Å². The second-order valence-electron chi connectivity index (χ2n) is 4.71. The van der Waals surface area contributed by atoms with Crippen molar-refractivity contribution in [2.45, 2.75) is 0 Å². The highest BCUT2D eigenvalue weighted by Gasteiger charge is 2.16. The summed E-state index contributed by atoms with van der Waals surface area (Å²) in [7, 11) is 0. The maximum absolute atomic E-state index is 10.6. The highest BCUT2D eigenvalue weighted by molar-refractivity contribution is 9.11. The van der Waals surface area contributed by atoms with E-state index in [4.69, 9.17) is 5.73 Å². The molecule has 0 saturated heterocycles. The van der Waals surface area contributed by atoms with Gasteiger partial charge in [-0.25, -0.2) is 9.97 Å². The van der Waals surface area contributed by atoms with Crippen molar-refractivity contribution in [1.29, 1.82) is 0 Å². The molecular formula is C14H10Br2N6O2. The van der Waals surface area contributed by atoms with Crippen molar-refractivity contribution in [2.75, 3.05) is 5.73 Å². The Morgan fingerprint density at radius 3 is 2.12 bits per heavy atom. The van der Waals surface area contributed by atoms with Crippen LogP contribution in [0, 0.1) is 10.1 Å². The van der Waals surface area contributed by atoms with E-state index in [0.717, 1.165) is 21.2 Å². The van der Waals surface area contributed by atoms with Gasteiger partial charge >= 0.3 is 0 Å². The second-order valence-corrected chi connectivity index (χ2v) is 6.42. The van der Waals surface area contributed by atoms with E-state index in [1.165, 1.54) is 6.20 Å². The summed E-state index contributed by atoms with van der Waals surface area (Å²) in [5.74, 6) is 0. The first-order valence-corrected chi connectivity index (χ1v) is 8.20. The number of nitrogens with two attached hydrogens (primary N) is 1. The molecule has 0 unspecified atom stereocenters. The van der Waals surface area contributed by atoms with Gasteiger partial charge in [-0.2, -0.15) is 0 Å². The quantitative estimate of drug-likeness (QED) is 0.295. The maximum Gasteiger partial charge on any atom is 0.297 e. The summed E-state index contributed by atoms with van der Waals surface area (Å²) in [4.78, 5) is 23.9. The van der Waals surface area contributed by atoms with Crippen LogP contribution in [0.3, 0.4) is 0 Å². The molecule has 122 valence electrons. The number of aromatic amines is 2. The number of hydrogen-bond donors (Lipinski definition) is 3. The molecule has 4 heterocycles. The molecule has 4 N–H and O–H groups in total.